The average molecular weight is 317 g/mol. The summed E-state index contributed by atoms with van der Waals surface area (Å²) in [4.78, 5) is 36.3. The van der Waals surface area contributed by atoms with Gasteiger partial charge in [-0.3, -0.25) is 19.7 Å². The summed E-state index contributed by atoms with van der Waals surface area (Å²) in [5, 5.41) is 5.66. The number of rotatable bonds is 6. The van der Waals surface area contributed by atoms with Crippen molar-refractivity contribution in [3.8, 4) is 0 Å². The minimum Gasteiger partial charge on any atom is -0.383 e. The van der Waals surface area contributed by atoms with Crippen LogP contribution in [0.25, 0.3) is 0 Å². The number of benzene rings is 1. The van der Waals surface area contributed by atoms with Crippen LogP contribution in [0, 0.1) is 6.92 Å². The monoisotopic (exact) mass is 317 g/mol. The first-order chi connectivity index (χ1) is 10.9. The number of hydrogen-bond donors (Lipinski definition) is 2. The maximum atomic E-state index is 12.0. The quantitative estimate of drug-likeness (QED) is 0.617. The fourth-order valence-electron chi connectivity index (χ4n) is 2.76. The Morgan fingerprint density at radius 1 is 1.39 bits per heavy atom. The molecule has 1 heterocycles. The molecule has 1 aliphatic heterocycles. The Kier molecular flexibility index (Phi) is 5.36. The summed E-state index contributed by atoms with van der Waals surface area (Å²) in [7, 11) is 0. The second-order valence-electron chi connectivity index (χ2n) is 6.14. The lowest BCUT2D eigenvalue weighted by atomic mass is 10.0. The number of nitrogens with one attached hydrogen (secondary N) is 2. The zero-order valence-electron chi connectivity index (χ0n) is 13.8. The van der Waals surface area contributed by atoms with E-state index >= 15 is 0 Å². The summed E-state index contributed by atoms with van der Waals surface area (Å²) in [6.45, 7) is 6.40. The molecular weight excluding hydrogens is 294 g/mol. The fourth-order valence-corrected chi connectivity index (χ4v) is 2.76. The van der Waals surface area contributed by atoms with Gasteiger partial charge in [0.25, 0.3) is 0 Å². The highest BCUT2D eigenvalue weighted by molar-refractivity contribution is 6.00. The van der Waals surface area contributed by atoms with Gasteiger partial charge in [0.15, 0.2) is 0 Å². The van der Waals surface area contributed by atoms with Crippen molar-refractivity contribution in [3.63, 3.8) is 0 Å². The number of piperidine rings is 1. The van der Waals surface area contributed by atoms with Crippen LogP contribution in [0.4, 0.5) is 5.69 Å². The zero-order chi connectivity index (χ0) is 17.0. The van der Waals surface area contributed by atoms with E-state index in [4.69, 9.17) is 0 Å². The van der Waals surface area contributed by atoms with Crippen LogP contribution < -0.4 is 10.6 Å². The van der Waals surface area contributed by atoms with Gasteiger partial charge in [0, 0.05) is 24.7 Å². The summed E-state index contributed by atoms with van der Waals surface area (Å²) >= 11 is 0. The summed E-state index contributed by atoms with van der Waals surface area (Å²) in [6, 6.07) is 5.57. The van der Waals surface area contributed by atoms with E-state index in [1.165, 1.54) is 4.90 Å². The van der Waals surface area contributed by atoms with Crippen molar-refractivity contribution in [2.45, 2.75) is 52.2 Å². The topological polar surface area (TPSA) is 78.5 Å². The highest BCUT2D eigenvalue weighted by Crippen LogP contribution is 2.24. The zero-order valence-corrected chi connectivity index (χ0v) is 13.8. The molecule has 1 aliphatic rings. The van der Waals surface area contributed by atoms with E-state index in [0.29, 0.717) is 19.4 Å². The molecule has 1 fully saturated rings. The van der Waals surface area contributed by atoms with Gasteiger partial charge in [-0.2, -0.15) is 0 Å². The SMILES string of the molecule is Cc1cccc(NC(C)C)c1CN(C=O)C1CCC(=O)NC1=O. The Balaban J connectivity index is 2.23. The fraction of sp³-hybridized carbons (Fsp3) is 0.471. The van der Waals surface area contributed by atoms with Gasteiger partial charge < -0.3 is 10.2 Å². The van der Waals surface area contributed by atoms with Crippen molar-refractivity contribution in [1.29, 1.82) is 0 Å². The van der Waals surface area contributed by atoms with Crippen molar-refractivity contribution in [1.82, 2.24) is 10.2 Å². The summed E-state index contributed by atoms with van der Waals surface area (Å²) in [5.41, 5.74) is 2.99. The molecule has 1 saturated heterocycles. The smallest absolute Gasteiger partial charge is 0.249 e. The Hall–Kier alpha value is -2.37. The van der Waals surface area contributed by atoms with Crippen molar-refractivity contribution in [2.75, 3.05) is 5.32 Å². The molecule has 124 valence electrons. The highest BCUT2D eigenvalue weighted by Gasteiger charge is 2.31. The summed E-state index contributed by atoms with van der Waals surface area (Å²) in [5.74, 6) is -0.685. The standard InChI is InChI=1S/C17H23N3O3/c1-11(2)18-14-6-4-5-12(3)13(14)9-20(10-21)15-7-8-16(22)19-17(15)23/h4-6,10-11,15,18H,7-9H2,1-3H3,(H,19,22,23). The van der Waals surface area contributed by atoms with Crippen molar-refractivity contribution in [2.24, 2.45) is 0 Å². The van der Waals surface area contributed by atoms with E-state index in [1.54, 1.807) is 0 Å². The van der Waals surface area contributed by atoms with Crippen molar-refractivity contribution in [3.05, 3.63) is 29.3 Å². The van der Waals surface area contributed by atoms with Gasteiger partial charge >= 0.3 is 0 Å². The molecular formula is C17H23N3O3. The molecule has 0 spiro atoms. The first-order valence-corrected chi connectivity index (χ1v) is 7.82. The molecule has 0 radical (unpaired) electrons. The number of imide groups is 1. The Morgan fingerprint density at radius 3 is 2.74 bits per heavy atom. The van der Waals surface area contributed by atoms with E-state index < -0.39 is 11.9 Å². The molecule has 0 saturated carbocycles. The number of aryl methyl sites for hydroxylation is 1. The third-order valence-electron chi connectivity index (χ3n) is 3.94. The number of amides is 3. The molecule has 6 nitrogen and oxygen atoms in total. The van der Waals surface area contributed by atoms with Gasteiger partial charge in [0.2, 0.25) is 18.2 Å². The second-order valence-corrected chi connectivity index (χ2v) is 6.14. The van der Waals surface area contributed by atoms with E-state index in [2.05, 4.69) is 10.6 Å². The van der Waals surface area contributed by atoms with Crippen LogP contribution in [0.2, 0.25) is 0 Å². The van der Waals surface area contributed by atoms with Crippen LogP contribution in [-0.4, -0.2) is 35.2 Å². The second kappa shape index (κ2) is 7.26. The van der Waals surface area contributed by atoms with Crippen molar-refractivity contribution < 1.29 is 14.4 Å². The van der Waals surface area contributed by atoms with Gasteiger partial charge in [0.1, 0.15) is 6.04 Å². The minimum atomic E-state index is -0.600. The van der Waals surface area contributed by atoms with Crippen LogP contribution in [0.5, 0.6) is 0 Å². The largest absolute Gasteiger partial charge is 0.383 e. The molecule has 2 N–H and O–H groups in total. The van der Waals surface area contributed by atoms with Crippen LogP contribution in [0.3, 0.4) is 0 Å². The van der Waals surface area contributed by atoms with Crippen LogP contribution >= 0.6 is 0 Å². The maximum Gasteiger partial charge on any atom is 0.249 e. The normalized spacial score (nSPS) is 17.8. The third-order valence-corrected chi connectivity index (χ3v) is 3.94. The lowest BCUT2D eigenvalue weighted by molar-refractivity contribution is -0.141. The lowest BCUT2D eigenvalue weighted by Gasteiger charge is -2.31. The summed E-state index contributed by atoms with van der Waals surface area (Å²) < 4.78 is 0. The van der Waals surface area contributed by atoms with Gasteiger partial charge in [-0.25, -0.2) is 0 Å². The molecule has 2 rings (SSSR count). The van der Waals surface area contributed by atoms with E-state index in [1.807, 2.05) is 39.0 Å². The van der Waals surface area contributed by atoms with Crippen LogP contribution in [0.1, 0.15) is 37.8 Å². The summed E-state index contributed by atoms with van der Waals surface area (Å²) in [6.07, 6.45) is 1.31. The van der Waals surface area contributed by atoms with Crippen molar-refractivity contribution >= 4 is 23.9 Å². The molecule has 1 atom stereocenters. The number of carbonyl (C=O) groups is 3. The predicted molar refractivity (Wildman–Crippen MR) is 87.7 cm³/mol. The molecule has 0 aromatic heterocycles. The molecule has 1 unspecified atom stereocenters. The van der Waals surface area contributed by atoms with E-state index in [0.717, 1.165) is 16.8 Å². The predicted octanol–water partition coefficient (Wildman–Crippen LogP) is 1.58. The first kappa shape index (κ1) is 17.0. The van der Waals surface area contributed by atoms with Gasteiger partial charge in [-0.05, 0) is 44.4 Å². The highest BCUT2D eigenvalue weighted by atomic mass is 16.2. The van der Waals surface area contributed by atoms with Crippen LogP contribution in [0.15, 0.2) is 18.2 Å². The van der Waals surface area contributed by atoms with E-state index in [9.17, 15) is 14.4 Å². The molecule has 6 heteroatoms. The molecule has 23 heavy (non-hydrogen) atoms. The minimum absolute atomic E-state index is 0.256. The first-order valence-electron chi connectivity index (χ1n) is 7.82. The molecule has 3 amide bonds. The average Bonchev–Trinajstić information content (AvgIpc) is 2.47. The Bertz CT molecular complexity index is 613. The number of nitrogens with zero attached hydrogens (tertiary/aromatic N) is 1. The Morgan fingerprint density at radius 2 is 2.13 bits per heavy atom. The van der Waals surface area contributed by atoms with Crippen LogP contribution in [-0.2, 0) is 20.9 Å². The Labute approximate surface area is 136 Å². The molecule has 0 aliphatic carbocycles. The molecule has 0 bridgehead atoms. The number of anilines is 1. The lowest BCUT2D eigenvalue weighted by Crippen LogP contribution is -2.51. The maximum absolute atomic E-state index is 12.0. The third kappa shape index (κ3) is 4.09. The van der Waals surface area contributed by atoms with E-state index in [-0.39, 0.29) is 18.4 Å². The molecule has 1 aromatic rings. The van der Waals surface area contributed by atoms with Gasteiger partial charge in [-0.15, -0.1) is 0 Å². The van der Waals surface area contributed by atoms with Gasteiger partial charge in [-0.1, -0.05) is 12.1 Å². The number of hydrogen-bond acceptors (Lipinski definition) is 4. The molecule has 1 aromatic carbocycles. The number of carbonyl (C=O) groups excluding carboxylic acids is 3. The van der Waals surface area contributed by atoms with Gasteiger partial charge in [0.05, 0.1) is 0 Å².